The maximum atomic E-state index is 12.3. The minimum Gasteiger partial charge on any atom is -0.477 e. The molecule has 0 aliphatic rings. The molecule has 1 N–H and O–H groups in total. The Morgan fingerprint density at radius 2 is 1.90 bits per heavy atom. The fraction of sp³-hybridized carbons (Fsp3) is 0.0833. The number of hydrogen-bond donors (Lipinski definition) is 1. The average molecular weight is 284 g/mol. The van der Waals surface area contributed by atoms with Crippen molar-refractivity contribution in [3.8, 4) is 17.0 Å². The van der Waals surface area contributed by atoms with Crippen LogP contribution in [0.5, 0.6) is 5.75 Å². The molecule has 0 aliphatic carbocycles. The van der Waals surface area contributed by atoms with E-state index < -0.39 is 18.1 Å². The number of carbonyl (C=O) groups is 1. The lowest BCUT2D eigenvalue weighted by molar-refractivity contribution is -0.274. The number of para-hydroxylation sites is 1. The quantitative estimate of drug-likeness (QED) is 0.938. The van der Waals surface area contributed by atoms with Gasteiger partial charge in [-0.2, -0.15) is 0 Å². The predicted molar refractivity (Wildman–Crippen MR) is 61.1 cm³/mol. The number of ether oxygens (including phenoxy) is 1. The summed E-state index contributed by atoms with van der Waals surface area (Å²) in [5.41, 5.74) is -0.274. The molecule has 1 heterocycles. The van der Waals surface area contributed by atoms with E-state index in [9.17, 15) is 18.0 Å². The highest BCUT2D eigenvalue weighted by Crippen LogP contribution is 2.32. The zero-order valence-corrected chi connectivity index (χ0v) is 9.76. The van der Waals surface area contributed by atoms with E-state index in [1.165, 1.54) is 18.2 Å². The third kappa shape index (κ3) is 3.22. The molecule has 1 aromatic carbocycles. The summed E-state index contributed by atoms with van der Waals surface area (Å²) in [5.74, 6) is -1.77. The fourth-order valence-corrected chi connectivity index (χ4v) is 1.51. The maximum Gasteiger partial charge on any atom is 0.573 e. The summed E-state index contributed by atoms with van der Waals surface area (Å²) in [4.78, 5) is 18.1. The molecule has 0 atom stereocenters. The third-order valence-corrected chi connectivity index (χ3v) is 2.27. The van der Waals surface area contributed by atoms with E-state index in [2.05, 4.69) is 14.7 Å². The lowest BCUT2D eigenvalue weighted by atomic mass is 10.1. The Labute approximate surface area is 110 Å². The van der Waals surface area contributed by atoms with Crippen LogP contribution in [-0.4, -0.2) is 27.4 Å². The summed E-state index contributed by atoms with van der Waals surface area (Å²) in [6, 6.07) is 6.38. The van der Waals surface area contributed by atoms with Gasteiger partial charge in [-0.05, 0) is 18.2 Å². The van der Waals surface area contributed by atoms with Crippen molar-refractivity contribution >= 4 is 5.97 Å². The van der Waals surface area contributed by atoms with Gasteiger partial charge in [0, 0.05) is 5.56 Å². The average Bonchev–Trinajstić information content (AvgIpc) is 2.37. The lowest BCUT2D eigenvalue weighted by Gasteiger charge is -2.12. The van der Waals surface area contributed by atoms with Gasteiger partial charge in [-0.15, -0.1) is 13.2 Å². The minimum atomic E-state index is -4.85. The van der Waals surface area contributed by atoms with Gasteiger partial charge in [0.2, 0.25) is 0 Å². The molecule has 8 heteroatoms. The van der Waals surface area contributed by atoms with Gasteiger partial charge in [0.25, 0.3) is 0 Å². The van der Waals surface area contributed by atoms with Crippen molar-refractivity contribution in [1.82, 2.24) is 9.97 Å². The fourth-order valence-electron chi connectivity index (χ4n) is 1.51. The van der Waals surface area contributed by atoms with E-state index in [0.29, 0.717) is 0 Å². The van der Waals surface area contributed by atoms with Crippen LogP contribution in [-0.2, 0) is 0 Å². The topological polar surface area (TPSA) is 72.3 Å². The SMILES string of the molecule is O=C(O)c1cc(-c2ccccc2OC(F)(F)F)ncn1. The molecular formula is C12H7F3N2O3. The number of hydrogen-bond acceptors (Lipinski definition) is 4. The molecule has 0 bridgehead atoms. The molecule has 0 amide bonds. The standard InChI is InChI=1S/C12H7F3N2O3/c13-12(14,15)20-10-4-2-1-3-7(10)8-5-9(11(18)19)17-6-16-8/h1-6H,(H,18,19). The van der Waals surface area contributed by atoms with Crippen LogP contribution in [0.4, 0.5) is 13.2 Å². The second-order valence-corrected chi connectivity index (χ2v) is 3.64. The van der Waals surface area contributed by atoms with Crippen LogP contribution >= 0.6 is 0 Å². The van der Waals surface area contributed by atoms with Gasteiger partial charge in [0.05, 0.1) is 5.69 Å². The molecule has 0 unspecified atom stereocenters. The molecular weight excluding hydrogens is 277 g/mol. The van der Waals surface area contributed by atoms with Crippen LogP contribution in [0.25, 0.3) is 11.3 Å². The molecule has 0 radical (unpaired) electrons. The number of alkyl halides is 3. The highest BCUT2D eigenvalue weighted by Gasteiger charge is 2.32. The van der Waals surface area contributed by atoms with Gasteiger partial charge in [0.1, 0.15) is 12.1 Å². The van der Waals surface area contributed by atoms with Gasteiger partial charge in [-0.25, -0.2) is 14.8 Å². The summed E-state index contributed by atoms with van der Waals surface area (Å²) in [6.45, 7) is 0. The molecule has 0 fully saturated rings. The normalized spacial score (nSPS) is 11.2. The van der Waals surface area contributed by atoms with Gasteiger partial charge in [-0.1, -0.05) is 12.1 Å². The van der Waals surface area contributed by atoms with Crippen LogP contribution in [0.3, 0.4) is 0 Å². The summed E-state index contributed by atoms with van der Waals surface area (Å²) in [7, 11) is 0. The van der Waals surface area contributed by atoms with E-state index >= 15 is 0 Å². The Morgan fingerprint density at radius 3 is 2.55 bits per heavy atom. The van der Waals surface area contributed by atoms with Crippen molar-refractivity contribution in [3.63, 3.8) is 0 Å². The van der Waals surface area contributed by atoms with Crippen molar-refractivity contribution in [3.05, 3.63) is 42.4 Å². The highest BCUT2D eigenvalue weighted by molar-refractivity contribution is 5.86. The van der Waals surface area contributed by atoms with Gasteiger partial charge < -0.3 is 9.84 Å². The summed E-state index contributed by atoms with van der Waals surface area (Å²) in [6.07, 6.45) is -3.89. The molecule has 2 aromatic rings. The number of aromatic nitrogens is 2. The number of halogens is 3. The Bertz CT molecular complexity index is 644. The van der Waals surface area contributed by atoms with Crippen molar-refractivity contribution in [2.24, 2.45) is 0 Å². The second kappa shape index (κ2) is 5.16. The second-order valence-electron chi connectivity index (χ2n) is 3.64. The number of carboxylic acid groups (broad SMARTS) is 1. The van der Waals surface area contributed by atoms with Gasteiger partial charge >= 0.3 is 12.3 Å². The van der Waals surface area contributed by atoms with Crippen LogP contribution in [0.1, 0.15) is 10.5 Å². The summed E-state index contributed by atoms with van der Waals surface area (Å²) >= 11 is 0. The smallest absolute Gasteiger partial charge is 0.477 e. The largest absolute Gasteiger partial charge is 0.573 e. The Kier molecular flexibility index (Phi) is 3.55. The molecule has 0 saturated heterocycles. The molecule has 5 nitrogen and oxygen atoms in total. The Hall–Kier alpha value is -2.64. The zero-order valence-electron chi connectivity index (χ0n) is 9.76. The summed E-state index contributed by atoms with van der Waals surface area (Å²) in [5, 5.41) is 8.81. The van der Waals surface area contributed by atoms with Crippen molar-refractivity contribution in [1.29, 1.82) is 0 Å². The van der Waals surface area contributed by atoms with E-state index in [1.54, 1.807) is 0 Å². The molecule has 0 aliphatic heterocycles. The molecule has 0 saturated carbocycles. The van der Waals surface area contributed by atoms with E-state index in [0.717, 1.165) is 18.5 Å². The highest BCUT2D eigenvalue weighted by atomic mass is 19.4. The first kappa shape index (κ1) is 13.8. The lowest BCUT2D eigenvalue weighted by Crippen LogP contribution is -2.17. The van der Waals surface area contributed by atoms with E-state index in [1.807, 2.05) is 0 Å². The molecule has 20 heavy (non-hydrogen) atoms. The van der Waals surface area contributed by atoms with Crippen LogP contribution in [0, 0.1) is 0 Å². The summed E-state index contributed by atoms with van der Waals surface area (Å²) < 4.78 is 40.8. The third-order valence-electron chi connectivity index (χ3n) is 2.27. The van der Waals surface area contributed by atoms with Crippen LogP contribution in [0.2, 0.25) is 0 Å². The van der Waals surface area contributed by atoms with E-state index in [4.69, 9.17) is 5.11 Å². The molecule has 0 spiro atoms. The molecule has 2 rings (SSSR count). The zero-order chi connectivity index (χ0) is 14.8. The molecule has 104 valence electrons. The monoisotopic (exact) mass is 284 g/mol. The van der Waals surface area contributed by atoms with Crippen LogP contribution < -0.4 is 4.74 Å². The minimum absolute atomic E-state index is 0.0229. The van der Waals surface area contributed by atoms with Gasteiger partial charge in [-0.3, -0.25) is 0 Å². The van der Waals surface area contributed by atoms with Crippen molar-refractivity contribution in [2.45, 2.75) is 6.36 Å². The number of aromatic carboxylic acids is 1. The van der Waals surface area contributed by atoms with Crippen LogP contribution in [0.15, 0.2) is 36.7 Å². The number of benzene rings is 1. The Balaban J connectivity index is 2.47. The van der Waals surface area contributed by atoms with Gasteiger partial charge in [0.15, 0.2) is 5.69 Å². The first-order valence-electron chi connectivity index (χ1n) is 5.27. The predicted octanol–water partition coefficient (Wildman–Crippen LogP) is 2.74. The first-order valence-corrected chi connectivity index (χ1v) is 5.27. The number of rotatable bonds is 3. The first-order chi connectivity index (χ1) is 9.37. The van der Waals surface area contributed by atoms with Crippen molar-refractivity contribution in [2.75, 3.05) is 0 Å². The Morgan fingerprint density at radius 1 is 1.20 bits per heavy atom. The number of carboxylic acids is 1. The van der Waals surface area contributed by atoms with Crippen molar-refractivity contribution < 1.29 is 27.8 Å². The number of nitrogens with zero attached hydrogens (tertiary/aromatic N) is 2. The molecule has 1 aromatic heterocycles. The van der Waals surface area contributed by atoms with E-state index in [-0.39, 0.29) is 17.0 Å². The maximum absolute atomic E-state index is 12.3.